The van der Waals surface area contributed by atoms with Gasteiger partial charge in [0.25, 0.3) is 0 Å². The second-order valence-corrected chi connectivity index (χ2v) is 4.15. The standard InChI is InChI=1S/C5H13N3OS2/c1-4(3-11(2)9)7-5(10)8-6/h4H,3,6H2,1-2H3,(H2,7,8,10). The predicted octanol–water partition coefficient (Wildman–Crippen LogP) is -0.909. The van der Waals surface area contributed by atoms with Gasteiger partial charge in [-0.05, 0) is 19.1 Å². The van der Waals surface area contributed by atoms with Gasteiger partial charge in [0.1, 0.15) is 0 Å². The normalized spacial score (nSPS) is 15.2. The first-order valence-corrected chi connectivity index (χ1v) is 5.27. The van der Waals surface area contributed by atoms with E-state index >= 15 is 0 Å². The molecule has 0 rings (SSSR count). The van der Waals surface area contributed by atoms with Crippen molar-refractivity contribution in [1.82, 2.24) is 10.7 Å². The van der Waals surface area contributed by atoms with E-state index in [1.807, 2.05) is 6.92 Å². The van der Waals surface area contributed by atoms with E-state index in [-0.39, 0.29) is 6.04 Å². The van der Waals surface area contributed by atoms with Gasteiger partial charge in [0.05, 0.1) is 0 Å². The van der Waals surface area contributed by atoms with Gasteiger partial charge in [0.15, 0.2) is 5.11 Å². The lowest BCUT2D eigenvalue weighted by Gasteiger charge is -2.13. The summed E-state index contributed by atoms with van der Waals surface area (Å²) >= 11 is 4.74. The van der Waals surface area contributed by atoms with Gasteiger partial charge in [0.2, 0.25) is 0 Å². The quantitative estimate of drug-likeness (QED) is 0.309. The molecule has 0 heterocycles. The first-order valence-electron chi connectivity index (χ1n) is 3.13. The van der Waals surface area contributed by atoms with Gasteiger partial charge in [0, 0.05) is 28.9 Å². The highest BCUT2D eigenvalue weighted by Crippen LogP contribution is 1.84. The van der Waals surface area contributed by atoms with Crippen LogP contribution >= 0.6 is 12.2 Å². The second kappa shape index (κ2) is 5.45. The zero-order valence-corrected chi connectivity index (χ0v) is 8.22. The summed E-state index contributed by atoms with van der Waals surface area (Å²) in [5.41, 5.74) is 2.29. The van der Waals surface area contributed by atoms with Gasteiger partial charge in [-0.15, -0.1) is 0 Å². The lowest BCUT2D eigenvalue weighted by molar-refractivity contribution is 0.669. The monoisotopic (exact) mass is 195 g/mol. The molecule has 0 aliphatic rings. The van der Waals surface area contributed by atoms with Crippen LogP contribution in [0.5, 0.6) is 0 Å². The summed E-state index contributed by atoms with van der Waals surface area (Å²) in [5, 5.41) is 3.24. The zero-order chi connectivity index (χ0) is 8.85. The van der Waals surface area contributed by atoms with Crippen LogP contribution < -0.4 is 16.6 Å². The molecular formula is C5H13N3OS2. The fourth-order valence-corrected chi connectivity index (χ4v) is 1.65. The van der Waals surface area contributed by atoms with Gasteiger partial charge in [-0.3, -0.25) is 4.21 Å². The molecule has 0 aromatic rings. The molecule has 2 unspecified atom stereocenters. The van der Waals surface area contributed by atoms with E-state index in [0.717, 1.165) is 0 Å². The van der Waals surface area contributed by atoms with Gasteiger partial charge < -0.3 is 10.7 Å². The highest BCUT2D eigenvalue weighted by atomic mass is 32.2. The number of nitrogens with two attached hydrogens (primary N) is 1. The first-order chi connectivity index (χ1) is 5.06. The maximum absolute atomic E-state index is 10.7. The highest BCUT2D eigenvalue weighted by molar-refractivity contribution is 7.84. The summed E-state index contributed by atoms with van der Waals surface area (Å²) in [6.45, 7) is 1.89. The molecule has 4 N–H and O–H groups in total. The molecule has 4 nitrogen and oxygen atoms in total. The Balaban J connectivity index is 3.60. The summed E-state index contributed by atoms with van der Waals surface area (Å²) in [4.78, 5) is 0. The summed E-state index contributed by atoms with van der Waals surface area (Å²) in [6.07, 6.45) is 1.65. The van der Waals surface area contributed by atoms with E-state index in [0.29, 0.717) is 10.9 Å². The van der Waals surface area contributed by atoms with Crippen LogP contribution in [0, 0.1) is 0 Å². The van der Waals surface area contributed by atoms with Crippen LogP contribution in [0.1, 0.15) is 6.92 Å². The van der Waals surface area contributed by atoms with Crippen LogP contribution in [0.3, 0.4) is 0 Å². The Morgan fingerprint density at radius 2 is 2.36 bits per heavy atom. The van der Waals surface area contributed by atoms with Crippen molar-refractivity contribution >= 4 is 28.1 Å². The first kappa shape index (κ1) is 10.8. The average Bonchev–Trinajstić information content (AvgIpc) is 1.85. The van der Waals surface area contributed by atoms with Crippen molar-refractivity contribution in [3.63, 3.8) is 0 Å². The molecule has 0 fully saturated rings. The average molecular weight is 195 g/mol. The minimum absolute atomic E-state index is 0.0874. The Morgan fingerprint density at radius 3 is 2.73 bits per heavy atom. The number of hydrogen-bond acceptors (Lipinski definition) is 3. The van der Waals surface area contributed by atoms with Crippen LogP contribution in [-0.2, 0) is 10.8 Å². The van der Waals surface area contributed by atoms with E-state index < -0.39 is 10.8 Å². The Labute approximate surface area is 74.3 Å². The van der Waals surface area contributed by atoms with Crippen LogP contribution in [0.4, 0.5) is 0 Å². The molecule has 0 saturated heterocycles. The number of rotatable bonds is 3. The molecule has 0 aliphatic heterocycles. The molecule has 2 atom stereocenters. The number of nitrogens with one attached hydrogen (secondary N) is 2. The topological polar surface area (TPSA) is 67.2 Å². The summed E-state index contributed by atoms with van der Waals surface area (Å²) < 4.78 is 10.7. The molecule has 6 heteroatoms. The fourth-order valence-electron chi connectivity index (χ4n) is 0.659. The van der Waals surface area contributed by atoms with Crippen LogP contribution in [0.25, 0.3) is 0 Å². The highest BCUT2D eigenvalue weighted by Gasteiger charge is 2.03. The second-order valence-electron chi connectivity index (χ2n) is 2.26. The van der Waals surface area contributed by atoms with Crippen LogP contribution in [-0.4, -0.2) is 27.4 Å². The Hall–Kier alpha value is -0.200. The molecule has 11 heavy (non-hydrogen) atoms. The number of hydrogen-bond donors (Lipinski definition) is 3. The third kappa shape index (κ3) is 6.21. The molecule has 0 amide bonds. The maximum Gasteiger partial charge on any atom is 0.180 e. The van der Waals surface area contributed by atoms with Crippen molar-refractivity contribution in [2.45, 2.75) is 13.0 Å². The summed E-state index contributed by atoms with van der Waals surface area (Å²) in [5.74, 6) is 5.59. The van der Waals surface area contributed by atoms with E-state index in [1.165, 1.54) is 0 Å². The molecule has 0 aliphatic carbocycles. The molecule has 0 aromatic heterocycles. The molecule has 0 bridgehead atoms. The fraction of sp³-hybridized carbons (Fsp3) is 0.800. The van der Waals surface area contributed by atoms with Crippen LogP contribution in [0.2, 0.25) is 0 Å². The summed E-state index contributed by atoms with van der Waals surface area (Å²) in [6, 6.07) is 0.0874. The maximum atomic E-state index is 10.7. The lowest BCUT2D eigenvalue weighted by Crippen LogP contribution is -2.45. The zero-order valence-electron chi connectivity index (χ0n) is 6.59. The smallest absolute Gasteiger partial charge is 0.180 e. The predicted molar refractivity (Wildman–Crippen MR) is 51.5 cm³/mol. The van der Waals surface area contributed by atoms with E-state index in [9.17, 15) is 4.21 Å². The molecule has 0 saturated carbocycles. The van der Waals surface area contributed by atoms with Crippen molar-refractivity contribution in [3.8, 4) is 0 Å². The van der Waals surface area contributed by atoms with Crippen molar-refractivity contribution in [3.05, 3.63) is 0 Å². The van der Waals surface area contributed by atoms with Crippen LogP contribution in [0.15, 0.2) is 0 Å². The van der Waals surface area contributed by atoms with Gasteiger partial charge in [-0.2, -0.15) is 0 Å². The largest absolute Gasteiger partial charge is 0.358 e. The Kier molecular flexibility index (Phi) is 5.35. The molecular weight excluding hydrogens is 182 g/mol. The molecule has 0 radical (unpaired) electrons. The van der Waals surface area contributed by atoms with E-state index in [1.54, 1.807) is 6.26 Å². The third-order valence-corrected chi connectivity index (χ3v) is 2.20. The number of hydrazine groups is 1. The minimum atomic E-state index is -0.805. The van der Waals surface area contributed by atoms with Gasteiger partial charge in [-0.25, -0.2) is 5.84 Å². The SMILES string of the molecule is CC(CS(C)=O)NC(=S)NN. The molecule has 66 valence electrons. The summed E-state index contributed by atoms with van der Waals surface area (Å²) in [7, 11) is -0.805. The Morgan fingerprint density at radius 1 is 1.82 bits per heavy atom. The lowest BCUT2D eigenvalue weighted by atomic mass is 10.4. The van der Waals surface area contributed by atoms with Crippen molar-refractivity contribution < 1.29 is 4.21 Å². The molecule has 0 spiro atoms. The third-order valence-electron chi connectivity index (χ3n) is 0.993. The van der Waals surface area contributed by atoms with Crippen molar-refractivity contribution in [2.24, 2.45) is 5.84 Å². The van der Waals surface area contributed by atoms with E-state index in [4.69, 9.17) is 18.1 Å². The van der Waals surface area contributed by atoms with Gasteiger partial charge in [-0.1, -0.05) is 0 Å². The van der Waals surface area contributed by atoms with Gasteiger partial charge >= 0.3 is 0 Å². The Bertz CT molecular complexity index is 162. The minimum Gasteiger partial charge on any atom is -0.358 e. The van der Waals surface area contributed by atoms with Crippen molar-refractivity contribution in [2.75, 3.05) is 12.0 Å². The molecule has 0 aromatic carbocycles. The number of thiocarbonyl (C=S) groups is 1. The van der Waals surface area contributed by atoms with E-state index in [2.05, 4.69) is 10.7 Å². The van der Waals surface area contributed by atoms with Crippen molar-refractivity contribution in [1.29, 1.82) is 0 Å².